The Labute approximate surface area is 226 Å². The number of nitrogens with zero attached hydrogens (tertiary/aromatic N) is 2. The predicted octanol–water partition coefficient (Wildman–Crippen LogP) is 5.44. The first-order valence-corrected chi connectivity index (χ1v) is 13.6. The van der Waals surface area contributed by atoms with E-state index in [2.05, 4.69) is 33.0 Å². The number of aromatic carboxylic acids is 1. The maximum absolute atomic E-state index is 13.2. The average molecular weight is 613 g/mol. The van der Waals surface area contributed by atoms with Crippen LogP contribution in [0.3, 0.4) is 0 Å². The van der Waals surface area contributed by atoms with E-state index in [0.29, 0.717) is 29.3 Å². The predicted molar refractivity (Wildman–Crippen MR) is 149 cm³/mol. The van der Waals surface area contributed by atoms with Crippen molar-refractivity contribution in [1.82, 2.24) is 5.32 Å². The van der Waals surface area contributed by atoms with Crippen molar-refractivity contribution in [2.75, 3.05) is 11.6 Å². The van der Waals surface area contributed by atoms with Gasteiger partial charge in [-0.05, 0) is 103 Å². The Morgan fingerprint density at radius 1 is 1.17 bits per heavy atom. The Bertz CT molecular complexity index is 1400. The molecule has 9 heteroatoms. The molecular weight excluding hydrogens is 589 g/mol. The summed E-state index contributed by atoms with van der Waals surface area (Å²) in [5.41, 5.74) is 2.90. The summed E-state index contributed by atoms with van der Waals surface area (Å²) in [6.45, 7) is 2.56. The number of benzene rings is 2. The van der Waals surface area contributed by atoms with Gasteiger partial charge in [0.1, 0.15) is 0 Å². The number of halogens is 1. The van der Waals surface area contributed by atoms with E-state index in [1.165, 1.54) is 30.0 Å². The zero-order valence-electron chi connectivity index (χ0n) is 19.5. The van der Waals surface area contributed by atoms with Crippen LogP contribution in [0.2, 0.25) is 0 Å². The van der Waals surface area contributed by atoms with E-state index in [-0.39, 0.29) is 17.4 Å². The zero-order valence-corrected chi connectivity index (χ0v) is 22.5. The van der Waals surface area contributed by atoms with E-state index < -0.39 is 11.9 Å². The van der Waals surface area contributed by atoms with Gasteiger partial charge in [0, 0.05) is 25.6 Å². The van der Waals surface area contributed by atoms with Gasteiger partial charge in [-0.25, -0.2) is 9.80 Å². The van der Waals surface area contributed by atoms with E-state index in [9.17, 15) is 19.5 Å². The van der Waals surface area contributed by atoms with Gasteiger partial charge < -0.3 is 10.4 Å². The van der Waals surface area contributed by atoms with Crippen molar-refractivity contribution in [2.45, 2.75) is 26.2 Å². The monoisotopic (exact) mass is 613 g/mol. The first-order chi connectivity index (χ1) is 17.3. The molecule has 1 fully saturated rings. The molecule has 1 aliphatic carbocycles. The van der Waals surface area contributed by atoms with E-state index in [1.807, 2.05) is 37.3 Å². The van der Waals surface area contributed by atoms with Gasteiger partial charge >= 0.3 is 5.97 Å². The lowest BCUT2D eigenvalue weighted by Gasteiger charge is -2.14. The fourth-order valence-electron chi connectivity index (χ4n) is 4.14. The summed E-state index contributed by atoms with van der Waals surface area (Å²) >= 11 is 3.79. The third-order valence-electron chi connectivity index (χ3n) is 6.42. The summed E-state index contributed by atoms with van der Waals surface area (Å²) in [5.74, 6) is -1.05. The Balaban J connectivity index is 1.30. The molecule has 0 spiro atoms. The number of hydrogen-bond acceptors (Lipinski definition) is 5. The van der Waals surface area contributed by atoms with Crippen LogP contribution in [-0.2, 0) is 11.2 Å². The van der Waals surface area contributed by atoms with Gasteiger partial charge in [0.05, 0.1) is 22.7 Å². The zero-order chi connectivity index (χ0) is 25.4. The van der Waals surface area contributed by atoms with Crippen molar-refractivity contribution in [3.05, 3.63) is 74.2 Å². The quantitative estimate of drug-likeness (QED) is 0.331. The number of nitrogens with one attached hydrogen (secondary N) is 1. The molecule has 1 atom stereocenters. The number of carbonyl (C=O) groups excluding carboxylic acids is 2. The molecule has 2 amide bonds. The van der Waals surface area contributed by atoms with Crippen molar-refractivity contribution in [3.63, 3.8) is 0 Å². The van der Waals surface area contributed by atoms with E-state index in [0.717, 1.165) is 25.4 Å². The van der Waals surface area contributed by atoms with Crippen LogP contribution in [0.1, 0.15) is 45.4 Å². The van der Waals surface area contributed by atoms with Gasteiger partial charge in [-0.15, -0.1) is 11.3 Å². The number of carboxylic acid groups (broad SMARTS) is 1. The summed E-state index contributed by atoms with van der Waals surface area (Å²) < 4.78 is 0.914. The van der Waals surface area contributed by atoms with E-state index >= 15 is 0 Å². The summed E-state index contributed by atoms with van der Waals surface area (Å²) in [5, 5.41) is 18.0. The standard InChI is InChI=1S/C27H24IN3O4S/c1-15-21(26(33)31(30-15)19-4-2-3-18(11-19)27(34)35)13-20-8-10-24(36-20)17-7-9-23(28)22(12-17)25(32)29-14-16-5-6-16/h2-4,7-12,16,21H,5-6,13-14H2,1H3,(H,29,32)(H,34,35). The lowest BCUT2D eigenvalue weighted by Crippen LogP contribution is -2.28. The second-order valence-electron chi connectivity index (χ2n) is 9.12. The molecule has 0 saturated heterocycles. The topological polar surface area (TPSA) is 99.1 Å². The molecular formula is C27H24IN3O4S. The maximum Gasteiger partial charge on any atom is 0.335 e. The summed E-state index contributed by atoms with van der Waals surface area (Å²) in [7, 11) is 0. The summed E-state index contributed by atoms with van der Waals surface area (Å²) in [4.78, 5) is 39.3. The van der Waals surface area contributed by atoms with Crippen molar-refractivity contribution >= 4 is 63.1 Å². The molecule has 5 rings (SSSR count). The Hall–Kier alpha value is -3.05. The number of thiophene rings is 1. The highest BCUT2D eigenvalue weighted by Crippen LogP contribution is 2.34. The molecule has 3 aromatic rings. The number of carboxylic acids is 1. The number of hydrogen-bond donors (Lipinski definition) is 2. The number of carbonyl (C=O) groups is 3. The normalized spacial score (nSPS) is 17.3. The molecule has 1 saturated carbocycles. The fourth-order valence-corrected chi connectivity index (χ4v) is 5.77. The van der Waals surface area contributed by atoms with Gasteiger partial charge in [-0.3, -0.25) is 9.59 Å². The smallest absolute Gasteiger partial charge is 0.335 e. The molecule has 1 aliphatic heterocycles. The van der Waals surface area contributed by atoms with E-state index in [4.69, 9.17) is 0 Å². The molecule has 0 radical (unpaired) electrons. The second kappa shape index (κ2) is 10.1. The van der Waals surface area contributed by atoms with E-state index in [1.54, 1.807) is 23.5 Å². The average Bonchev–Trinajstić information content (AvgIpc) is 3.52. The molecule has 2 aromatic carbocycles. The van der Waals surface area contributed by atoms with Crippen molar-refractivity contribution in [1.29, 1.82) is 0 Å². The van der Waals surface area contributed by atoms with Crippen molar-refractivity contribution in [3.8, 4) is 10.4 Å². The van der Waals surface area contributed by atoms with Crippen LogP contribution in [0.5, 0.6) is 0 Å². The minimum atomic E-state index is -1.05. The largest absolute Gasteiger partial charge is 0.478 e. The van der Waals surface area contributed by atoms with Crippen LogP contribution >= 0.6 is 33.9 Å². The van der Waals surface area contributed by atoms with Gasteiger partial charge in [0.2, 0.25) is 0 Å². The summed E-state index contributed by atoms with van der Waals surface area (Å²) in [6.07, 6.45) is 2.89. The molecule has 1 aromatic heterocycles. The molecule has 2 N–H and O–H groups in total. The fraction of sp³-hybridized carbons (Fsp3) is 0.259. The van der Waals surface area contributed by atoms with Crippen LogP contribution in [0.15, 0.2) is 59.7 Å². The lowest BCUT2D eigenvalue weighted by atomic mass is 9.99. The second-order valence-corrected chi connectivity index (χ2v) is 11.4. The molecule has 7 nitrogen and oxygen atoms in total. The highest BCUT2D eigenvalue weighted by atomic mass is 127. The Morgan fingerprint density at radius 3 is 2.72 bits per heavy atom. The third-order valence-corrected chi connectivity index (χ3v) is 8.51. The Kier molecular flexibility index (Phi) is 6.94. The minimum absolute atomic E-state index is 0.0413. The molecule has 184 valence electrons. The minimum Gasteiger partial charge on any atom is -0.478 e. The highest BCUT2D eigenvalue weighted by Gasteiger charge is 2.35. The third kappa shape index (κ3) is 5.22. The Morgan fingerprint density at radius 2 is 1.97 bits per heavy atom. The number of hydrazone groups is 1. The van der Waals surface area contributed by atoms with Crippen molar-refractivity contribution < 1.29 is 19.5 Å². The van der Waals surface area contributed by atoms with Gasteiger partial charge in [-0.1, -0.05) is 12.1 Å². The van der Waals surface area contributed by atoms with Crippen LogP contribution in [0, 0.1) is 15.4 Å². The SMILES string of the molecule is CC1=NN(c2cccc(C(=O)O)c2)C(=O)C1Cc1ccc(-c2ccc(I)c(C(=O)NCC3CC3)c2)s1. The molecule has 0 bridgehead atoms. The highest BCUT2D eigenvalue weighted by molar-refractivity contribution is 14.1. The summed E-state index contributed by atoms with van der Waals surface area (Å²) in [6, 6.07) is 16.2. The van der Waals surface area contributed by atoms with Crippen molar-refractivity contribution in [2.24, 2.45) is 16.9 Å². The molecule has 2 heterocycles. The van der Waals surface area contributed by atoms with Crippen LogP contribution < -0.4 is 10.3 Å². The number of amides is 2. The molecule has 1 unspecified atom stereocenters. The van der Waals surface area contributed by atoms with Gasteiger partial charge in [0.25, 0.3) is 11.8 Å². The van der Waals surface area contributed by atoms with Crippen LogP contribution in [0.4, 0.5) is 5.69 Å². The molecule has 36 heavy (non-hydrogen) atoms. The van der Waals surface area contributed by atoms with Gasteiger partial charge in [0.15, 0.2) is 0 Å². The van der Waals surface area contributed by atoms with Crippen LogP contribution in [0.25, 0.3) is 10.4 Å². The molecule has 2 aliphatic rings. The first kappa shape index (κ1) is 24.6. The van der Waals surface area contributed by atoms with Gasteiger partial charge in [-0.2, -0.15) is 5.10 Å². The number of anilines is 1. The maximum atomic E-state index is 13.2. The lowest BCUT2D eigenvalue weighted by molar-refractivity contribution is -0.119. The van der Waals surface area contributed by atoms with Crippen LogP contribution in [-0.4, -0.2) is 35.1 Å². The first-order valence-electron chi connectivity index (χ1n) is 11.7. The number of rotatable bonds is 8.